The summed E-state index contributed by atoms with van der Waals surface area (Å²) < 4.78 is 4.84. The summed E-state index contributed by atoms with van der Waals surface area (Å²) >= 11 is 0. The second-order valence-electron chi connectivity index (χ2n) is 3.91. The van der Waals surface area contributed by atoms with E-state index >= 15 is 0 Å². The Morgan fingerprint density at radius 3 is 2.72 bits per heavy atom. The number of anilines is 2. The molecule has 0 fully saturated rings. The van der Waals surface area contributed by atoms with Crippen LogP contribution in [-0.4, -0.2) is 29.1 Å². The van der Waals surface area contributed by atoms with Crippen LogP contribution in [0.5, 0.6) is 0 Å². The van der Waals surface area contributed by atoms with E-state index in [2.05, 4.69) is 15.3 Å². The number of ether oxygens (including phenoxy) is 1. The Balaban J connectivity index is 2.77. The summed E-state index contributed by atoms with van der Waals surface area (Å²) in [5.74, 6) is 1.41. The second kappa shape index (κ2) is 6.78. The van der Waals surface area contributed by atoms with Crippen molar-refractivity contribution in [3.63, 3.8) is 0 Å². The first-order valence-corrected chi connectivity index (χ1v) is 6.10. The Labute approximate surface area is 107 Å². The summed E-state index contributed by atoms with van der Waals surface area (Å²) in [6, 6.07) is 0. The van der Waals surface area contributed by atoms with Crippen LogP contribution in [-0.2, 0) is 16.0 Å². The van der Waals surface area contributed by atoms with Gasteiger partial charge in [0, 0.05) is 12.0 Å². The first-order chi connectivity index (χ1) is 8.58. The molecule has 0 saturated heterocycles. The van der Waals surface area contributed by atoms with Crippen molar-refractivity contribution in [2.45, 2.75) is 33.6 Å². The second-order valence-corrected chi connectivity index (χ2v) is 3.91. The molecule has 18 heavy (non-hydrogen) atoms. The van der Waals surface area contributed by atoms with Crippen molar-refractivity contribution in [1.82, 2.24) is 9.97 Å². The molecule has 1 heterocycles. The third-order valence-electron chi connectivity index (χ3n) is 2.41. The van der Waals surface area contributed by atoms with Gasteiger partial charge in [-0.15, -0.1) is 0 Å². The van der Waals surface area contributed by atoms with Gasteiger partial charge in [0.15, 0.2) is 0 Å². The average molecular weight is 252 g/mol. The normalized spacial score (nSPS) is 10.2. The number of nitrogen functional groups attached to an aromatic ring is 1. The number of nitrogens with one attached hydrogen (secondary N) is 1. The number of nitrogens with zero attached hydrogens (tertiary/aromatic N) is 2. The maximum atomic E-state index is 11.3. The van der Waals surface area contributed by atoms with Crippen LogP contribution in [0.3, 0.4) is 0 Å². The van der Waals surface area contributed by atoms with Crippen molar-refractivity contribution in [1.29, 1.82) is 0 Å². The quantitative estimate of drug-likeness (QED) is 0.741. The van der Waals surface area contributed by atoms with Gasteiger partial charge >= 0.3 is 5.97 Å². The molecule has 1 aromatic rings. The molecule has 6 nitrogen and oxygen atoms in total. The topological polar surface area (TPSA) is 90.1 Å². The average Bonchev–Trinajstić information content (AvgIpc) is 2.32. The van der Waals surface area contributed by atoms with E-state index in [1.807, 2.05) is 13.8 Å². The van der Waals surface area contributed by atoms with Crippen LogP contribution in [0.4, 0.5) is 11.6 Å². The number of nitrogens with two attached hydrogens (primary N) is 1. The van der Waals surface area contributed by atoms with Gasteiger partial charge in [0.05, 0.1) is 6.61 Å². The molecule has 0 aromatic carbocycles. The maximum Gasteiger partial charge on any atom is 0.325 e. The van der Waals surface area contributed by atoms with Crippen LogP contribution in [0.1, 0.15) is 31.7 Å². The number of hydrogen-bond donors (Lipinski definition) is 2. The van der Waals surface area contributed by atoms with Gasteiger partial charge in [-0.3, -0.25) is 4.79 Å². The Bertz CT molecular complexity index is 421. The Morgan fingerprint density at radius 1 is 1.39 bits per heavy atom. The van der Waals surface area contributed by atoms with Crippen molar-refractivity contribution in [3.8, 4) is 0 Å². The monoisotopic (exact) mass is 252 g/mol. The number of carbonyl (C=O) groups excluding carboxylic acids is 1. The summed E-state index contributed by atoms with van der Waals surface area (Å²) in [4.78, 5) is 19.8. The number of esters is 1. The highest BCUT2D eigenvalue weighted by Crippen LogP contribution is 2.17. The Hall–Kier alpha value is -1.85. The van der Waals surface area contributed by atoms with Gasteiger partial charge in [-0.2, -0.15) is 0 Å². The minimum atomic E-state index is -0.314. The molecule has 100 valence electrons. The van der Waals surface area contributed by atoms with Gasteiger partial charge in [-0.25, -0.2) is 9.97 Å². The van der Waals surface area contributed by atoms with Crippen molar-refractivity contribution < 1.29 is 9.53 Å². The van der Waals surface area contributed by atoms with Crippen LogP contribution in [0.25, 0.3) is 0 Å². The van der Waals surface area contributed by atoms with Gasteiger partial charge in [0.2, 0.25) is 0 Å². The lowest BCUT2D eigenvalue weighted by atomic mass is 10.2. The molecule has 0 radical (unpaired) electrons. The molecule has 0 spiro atoms. The molecule has 0 unspecified atom stereocenters. The minimum absolute atomic E-state index is 0.0801. The first kappa shape index (κ1) is 14.2. The molecule has 1 rings (SSSR count). The summed E-state index contributed by atoms with van der Waals surface area (Å²) in [5.41, 5.74) is 6.56. The van der Waals surface area contributed by atoms with Crippen molar-refractivity contribution in [3.05, 3.63) is 11.4 Å². The molecule has 0 saturated carbocycles. The number of hydrogen-bond acceptors (Lipinski definition) is 6. The van der Waals surface area contributed by atoms with E-state index in [4.69, 9.17) is 10.5 Å². The van der Waals surface area contributed by atoms with Gasteiger partial charge in [0.1, 0.15) is 24.0 Å². The summed E-state index contributed by atoms with van der Waals surface area (Å²) in [7, 11) is 0. The van der Waals surface area contributed by atoms with Crippen LogP contribution < -0.4 is 11.1 Å². The lowest BCUT2D eigenvalue weighted by molar-refractivity contribution is -0.140. The number of carbonyl (C=O) groups is 1. The SMILES string of the molecule is CCCc1nc(N)c(C)c(NCC(=O)OCC)n1. The zero-order chi connectivity index (χ0) is 13.5. The fourth-order valence-electron chi connectivity index (χ4n) is 1.46. The van der Waals surface area contributed by atoms with Crippen molar-refractivity contribution in [2.24, 2.45) is 0 Å². The molecule has 0 aliphatic heterocycles. The van der Waals surface area contributed by atoms with Gasteiger partial charge in [-0.05, 0) is 20.3 Å². The van der Waals surface area contributed by atoms with E-state index in [-0.39, 0.29) is 12.5 Å². The zero-order valence-electron chi connectivity index (χ0n) is 11.1. The van der Waals surface area contributed by atoms with Crippen LogP contribution in [0.2, 0.25) is 0 Å². The van der Waals surface area contributed by atoms with Gasteiger partial charge in [-0.1, -0.05) is 6.92 Å². The molecule has 0 amide bonds. The van der Waals surface area contributed by atoms with Crippen LogP contribution in [0.15, 0.2) is 0 Å². The fraction of sp³-hybridized carbons (Fsp3) is 0.583. The molecule has 3 N–H and O–H groups in total. The third-order valence-corrected chi connectivity index (χ3v) is 2.41. The third kappa shape index (κ3) is 3.87. The molecule has 6 heteroatoms. The summed E-state index contributed by atoms with van der Waals surface area (Å²) in [5, 5.41) is 2.93. The lowest BCUT2D eigenvalue weighted by Gasteiger charge is -2.11. The highest BCUT2D eigenvalue weighted by Gasteiger charge is 2.09. The number of aryl methyl sites for hydroxylation is 1. The van der Waals surface area contributed by atoms with E-state index in [1.165, 1.54) is 0 Å². The predicted octanol–water partition coefficient (Wildman–Crippen LogP) is 1.29. The van der Waals surface area contributed by atoms with Gasteiger partial charge < -0.3 is 15.8 Å². The Kier molecular flexibility index (Phi) is 5.35. The standard InChI is InChI=1S/C12H20N4O2/c1-4-6-9-15-11(13)8(3)12(16-9)14-7-10(17)18-5-2/h4-7H2,1-3H3,(H3,13,14,15,16). The molecule has 0 aliphatic carbocycles. The maximum absolute atomic E-state index is 11.3. The van der Waals surface area contributed by atoms with E-state index < -0.39 is 0 Å². The van der Waals surface area contributed by atoms with E-state index in [0.717, 1.165) is 18.4 Å². The lowest BCUT2D eigenvalue weighted by Crippen LogP contribution is -2.19. The zero-order valence-corrected chi connectivity index (χ0v) is 11.1. The van der Waals surface area contributed by atoms with E-state index in [9.17, 15) is 4.79 Å². The van der Waals surface area contributed by atoms with Gasteiger partial charge in [0.25, 0.3) is 0 Å². The summed E-state index contributed by atoms with van der Waals surface area (Å²) in [6.45, 7) is 6.08. The molecular weight excluding hydrogens is 232 g/mol. The van der Waals surface area contributed by atoms with E-state index in [1.54, 1.807) is 6.92 Å². The minimum Gasteiger partial charge on any atom is -0.465 e. The van der Waals surface area contributed by atoms with Crippen LogP contribution >= 0.6 is 0 Å². The molecular formula is C12H20N4O2. The Morgan fingerprint density at radius 2 is 2.11 bits per heavy atom. The first-order valence-electron chi connectivity index (χ1n) is 6.10. The molecule has 0 atom stereocenters. The highest BCUT2D eigenvalue weighted by molar-refractivity contribution is 5.75. The fourth-order valence-corrected chi connectivity index (χ4v) is 1.46. The predicted molar refractivity (Wildman–Crippen MR) is 70.3 cm³/mol. The van der Waals surface area contributed by atoms with Crippen molar-refractivity contribution in [2.75, 3.05) is 24.2 Å². The number of rotatable bonds is 6. The smallest absolute Gasteiger partial charge is 0.325 e. The highest BCUT2D eigenvalue weighted by atomic mass is 16.5. The van der Waals surface area contributed by atoms with E-state index in [0.29, 0.717) is 24.1 Å². The largest absolute Gasteiger partial charge is 0.465 e. The van der Waals surface area contributed by atoms with Crippen molar-refractivity contribution >= 4 is 17.6 Å². The molecule has 1 aromatic heterocycles. The molecule has 0 bridgehead atoms. The van der Waals surface area contributed by atoms with Crippen LogP contribution in [0, 0.1) is 6.92 Å². The molecule has 0 aliphatic rings. The summed E-state index contributed by atoms with van der Waals surface area (Å²) in [6.07, 6.45) is 1.71. The number of aromatic nitrogens is 2.